The Kier molecular flexibility index (Phi) is 6.10. The summed E-state index contributed by atoms with van der Waals surface area (Å²) in [6.45, 7) is 4.92. The van der Waals surface area contributed by atoms with Crippen LogP contribution < -0.4 is 4.74 Å². The minimum absolute atomic E-state index is 0.113. The third kappa shape index (κ3) is 4.54. The van der Waals surface area contributed by atoms with E-state index in [0.717, 1.165) is 23.0 Å². The van der Waals surface area contributed by atoms with Gasteiger partial charge >= 0.3 is 0 Å². The molecule has 0 saturated heterocycles. The summed E-state index contributed by atoms with van der Waals surface area (Å²) < 4.78 is 5.75. The molecule has 0 radical (unpaired) electrons. The number of aromatic hydroxyl groups is 1. The third-order valence-corrected chi connectivity index (χ3v) is 4.46. The number of aryl methyl sites for hydroxylation is 1. The first-order chi connectivity index (χ1) is 12.7. The van der Waals surface area contributed by atoms with E-state index in [2.05, 4.69) is 17.1 Å². The number of hydrogen-bond acceptors (Lipinski definition) is 4. The first-order valence-electron chi connectivity index (χ1n) is 9.47. The molecule has 0 spiro atoms. The van der Waals surface area contributed by atoms with Crippen LogP contribution in [0.4, 0.5) is 0 Å². The predicted octanol–water partition coefficient (Wildman–Crippen LogP) is 5.17. The quantitative estimate of drug-likeness (QED) is 0.539. The van der Waals surface area contributed by atoms with Gasteiger partial charge in [-0.05, 0) is 43.2 Å². The number of phenolic OH excluding ortho intramolecular Hbond substituents is 1. The second-order valence-electron chi connectivity index (χ2n) is 6.75. The number of benzene rings is 2. The predicted molar refractivity (Wildman–Crippen MR) is 104 cm³/mol. The highest BCUT2D eigenvalue weighted by Crippen LogP contribution is 2.27. The van der Waals surface area contributed by atoms with Crippen LogP contribution in [0.2, 0.25) is 0 Å². The molecule has 138 valence electrons. The summed E-state index contributed by atoms with van der Waals surface area (Å²) in [5, 5.41) is 19.2. The summed E-state index contributed by atoms with van der Waals surface area (Å²) in [7, 11) is 0. The Balaban J connectivity index is 1.60. The molecule has 0 bridgehead atoms. The summed E-state index contributed by atoms with van der Waals surface area (Å²) in [5.41, 5.74) is 3.30. The molecule has 3 aromatic rings. The molecule has 2 aromatic carbocycles. The van der Waals surface area contributed by atoms with E-state index >= 15 is 0 Å². The molecule has 3 rings (SSSR count). The third-order valence-electron chi connectivity index (χ3n) is 4.46. The van der Waals surface area contributed by atoms with Crippen molar-refractivity contribution in [3.05, 3.63) is 42.0 Å². The van der Waals surface area contributed by atoms with Crippen LogP contribution in [0.15, 0.2) is 36.4 Å². The summed E-state index contributed by atoms with van der Waals surface area (Å²) >= 11 is 0. The summed E-state index contributed by atoms with van der Waals surface area (Å²) in [6.07, 6.45) is 7.37. The highest BCUT2D eigenvalue weighted by molar-refractivity contribution is 5.74. The van der Waals surface area contributed by atoms with Crippen LogP contribution in [0.5, 0.6) is 11.5 Å². The molecule has 0 aliphatic heterocycles. The van der Waals surface area contributed by atoms with Crippen LogP contribution in [0.3, 0.4) is 0 Å². The van der Waals surface area contributed by atoms with Gasteiger partial charge in [-0.3, -0.25) is 0 Å². The van der Waals surface area contributed by atoms with E-state index in [0.29, 0.717) is 18.0 Å². The minimum Gasteiger partial charge on any atom is -0.505 e. The maximum absolute atomic E-state index is 10.3. The van der Waals surface area contributed by atoms with Crippen LogP contribution in [-0.4, -0.2) is 26.7 Å². The molecule has 1 aromatic heterocycles. The van der Waals surface area contributed by atoms with E-state index in [1.54, 1.807) is 12.1 Å². The second-order valence-corrected chi connectivity index (χ2v) is 6.75. The van der Waals surface area contributed by atoms with Crippen molar-refractivity contribution in [2.24, 2.45) is 0 Å². The molecule has 0 aliphatic carbocycles. The lowest BCUT2D eigenvalue weighted by atomic mass is 10.1. The molecular weight excluding hydrogens is 326 g/mol. The first-order valence-corrected chi connectivity index (χ1v) is 9.47. The van der Waals surface area contributed by atoms with E-state index in [-0.39, 0.29) is 5.75 Å². The van der Waals surface area contributed by atoms with Gasteiger partial charge in [0.25, 0.3) is 0 Å². The minimum atomic E-state index is 0.113. The van der Waals surface area contributed by atoms with Crippen molar-refractivity contribution in [3.63, 3.8) is 0 Å². The Morgan fingerprint density at radius 3 is 2.50 bits per heavy atom. The van der Waals surface area contributed by atoms with Gasteiger partial charge < -0.3 is 9.84 Å². The number of phenols is 1. The van der Waals surface area contributed by atoms with Crippen LogP contribution in [0, 0.1) is 6.92 Å². The fraction of sp³-hybridized carbons (Fsp3) is 0.429. The van der Waals surface area contributed by atoms with Crippen LogP contribution in [0.1, 0.15) is 51.0 Å². The molecule has 0 unspecified atom stereocenters. The molecule has 0 fully saturated rings. The van der Waals surface area contributed by atoms with E-state index < -0.39 is 0 Å². The molecule has 0 saturated carbocycles. The van der Waals surface area contributed by atoms with Gasteiger partial charge in [0.2, 0.25) is 0 Å². The standard InChI is InChI=1S/C21H27N3O2/c1-3-4-5-6-7-8-13-26-17-10-12-20(21(25)15-17)24-22-18-11-9-16(2)14-19(18)23-24/h9-12,14-15,25H,3-8,13H2,1-2H3. The smallest absolute Gasteiger partial charge is 0.146 e. The van der Waals surface area contributed by atoms with E-state index in [9.17, 15) is 5.11 Å². The zero-order valence-electron chi connectivity index (χ0n) is 15.6. The highest BCUT2D eigenvalue weighted by atomic mass is 16.5. The number of fused-ring (bicyclic) bond motifs is 1. The lowest BCUT2D eigenvalue weighted by Crippen LogP contribution is -2.01. The number of ether oxygens (including phenoxy) is 1. The topological polar surface area (TPSA) is 60.2 Å². The van der Waals surface area contributed by atoms with Gasteiger partial charge in [-0.1, -0.05) is 45.1 Å². The summed E-state index contributed by atoms with van der Waals surface area (Å²) in [5.74, 6) is 0.787. The largest absolute Gasteiger partial charge is 0.505 e. The molecule has 0 amide bonds. The van der Waals surface area contributed by atoms with Gasteiger partial charge in [-0.15, -0.1) is 15.0 Å². The van der Waals surface area contributed by atoms with Crippen LogP contribution >= 0.6 is 0 Å². The number of hydrogen-bond donors (Lipinski definition) is 1. The van der Waals surface area contributed by atoms with Crippen LogP contribution in [-0.2, 0) is 0 Å². The molecule has 5 nitrogen and oxygen atoms in total. The summed E-state index contributed by atoms with van der Waals surface area (Å²) in [4.78, 5) is 1.47. The Morgan fingerprint density at radius 2 is 1.69 bits per heavy atom. The lowest BCUT2D eigenvalue weighted by molar-refractivity contribution is 0.302. The van der Waals surface area contributed by atoms with E-state index in [4.69, 9.17) is 4.74 Å². The average Bonchev–Trinajstić information content (AvgIpc) is 3.03. The Morgan fingerprint density at radius 1 is 0.923 bits per heavy atom. The zero-order chi connectivity index (χ0) is 18.4. The molecule has 0 aliphatic rings. The SMILES string of the molecule is CCCCCCCCOc1ccc(-n2nc3ccc(C)cc3n2)c(O)c1. The maximum atomic E-state index is 10.3. The monoisotopic (exact) mass is 353 g/mol. The van der Waals surface area contributed by atoms with Crippen molar-refractivity contribution in [2.45, 2.75) is 52.4 Å². The normalized spacial score (nSPS) is 11.2. The van der Waals surface area contributed by atoms with Gasteiger partial charge in [0, 0.05) is 6.07 Å². The van der Waals surface area contributed by atoms with Crippen LogP contribution in [0.25, 0.3) is 16.7 Å². The van der Waals surface area contributed by atoms with Crippen molar-refractivity contribution in [2.75, 3.05) is 6.61 Å². The van der Waals surface area contributed by atoms with Gasteiger partial charge in [-0.25, -0.2) is 0 Å². The molecule has 1 heterocycles. The Labute approximate surface area is 154 Å². The van der Waals surface area contributed by atoms with Crippen molar-refractivity contribution in [1.29, 1.82) is 0 Å². The average molecular weight is 353 g/mol. The van der Waals surface area contributed by atoms with E-state index in [1.165, 1.54) is 36.9 Å². The number of aromatic nitrogens is 3. The highest BCUT2D eigenvalue weighted by Gasteiger charge is 2.10. The fourth-order valence-corrected chi connectivity index (χ4v) is 2.97. The lowest BCUT2D eigenvalue weighted by Gasteiger charge is -2.08. The van der Waals surface area contributed by atoms with Gasteiger partial charge in [0.15, 0.2) is 0 Å². The van der Waals surface area contributed by atoms with Gasteiger partial charge in [-0.2, -0.15) is 0 Å². The van der Waals surface area contributed by atoms with Gasteiger partial charge in [0.05, 0.1) is 6.61 Å². The maximum Gasteiger partial charge on any atom is 0.146 e. The van der Waals surface area contributed by atoms with Crippen molar-refractivity contribution in [3.8, 4) is 17.2 Å². The molecule has 1 N–H and O–H groups in total. The zero-order valence-corrected chi connectivity index (χ0v) is 15.6. The molecule has 0 atom stereocenters. The fourth-order valence-electron chi connectivity index (χ4n) is 2.97. The van der Waals surface area contributed by atoms with E-state index in [1.807, 2.05) is 31.2 Å². The number of nitrogens with zero attached hydrogens (tertiary/aromatic N) is 3. The Hall–Kier alpha value is -2.56. The van der Waals surface area contributed by atoms with Gasteiger partial charge in [0.1, 0.15) is 28.2 Å². The van der Waals surface area contributed by atoms with Crippen molar-refractivity contribution < 1.29 is 9.84 Å². The van der Waals surface area contributed by atoms with Crippen molar-refractivity contribution >= 4 is 11.0 Å². The second kappa shape index (κ2) is 8.70. The molecule has 26 heavy (non-hydrogen) atoms. The van der Waals surface area contributed by atoms with Crippen molar-refractivity contribution in [1.82, 2.24) is 15.0 Å². The number of unbranched alkanes of at least 4 members (excludes halogenated alkanes) is 5. The number of rotatable bonds is 9. The first kappa shape index (κ1) is 18.2. The Bertz CT molecular complexity index is 858. The molecular formula is C21H27N3O2. The summed E-state index contributed by atoms with van der Waals surface area (Å²) in [6, 6.07) is 11.2. The molecule has 5 heteroatoms.